The summed E-state index contributed by atoms with van der Waals surface area (Å²) in [7, 11) is 2.12. The van der Waals surface area contributed by atoms with E-state index in [4.69, 9.17) is 0 Å². The first-order chi connectivity index (χ1) is 5.24. The van der Waals surface area contributed by atoms with E-state index < -0.39 is 0 Å². The van der Waals surface area contributed by atoms with Crippen LogP contribution in [0.25, 0.3) is 0 Å². The summed E-state index contributed by atoms with van der Waals surface area (Å²) in [4.78, 5) is 2.23. The molecule has 1 nitrogen and oxygen atoms in total. The van der Waals surface area contributed by atoms with Crippen LogP contribution in [0.2, 0.25) is 0 Å². The molecular weight excluding hydrogens is 134 g/mol. The zero-order valence-electron chi connectivity index (χ0n) is 7.72. The lowest BCUT2D eigenvalue weighted by Crippen LogP contribution is -2.18. The fourth-order valence-corrected chi connectivity index (χ4v) is 1.41. The summed E-state index contributed by atoms with van der Waals surface area (Å²) in [5.41, 5.74) is 3.06. The van der Waals surface area contributed by atoms with Crippen molar-refractivity contribution in [3.05, 3.63) is 23.4 Å². The van der Waals surface area contributed by atoms with Gasteiger partial charge in [-0.1, -0.05) is 13.3 Å². The highest BCUT2D eigenvalue weighted by molar-refractivity contribution is 5.28. The Labute approximate surface area is 69.4 Å². The molecule has 1 aliphatic heterocycles. The molecule has 0 aliphatic carbocycles. The van der Waals surface area contributed by atoms with Crippen molar-refractivity contribution in [3.63, 3.8) is 0 Å². The van der Waals surface area contributed by atoms with Crippen molar-refractivity contribution in [1.82, 2.24) is 4.90 Å². The fraction of sp³-hybridized carbons (Fsp3) is 0.600. The summed E-state index contributed by atoms with van der Waals surface area (Å²) in [6.45, 7) is 5.56. The fourth-order valence-electron chi connectivity index (χ4n) is 1.41. The van der Waals surface area contributed by atoms with Gasteiger partial charge in [0.15, 0.2) is 0 Å². The molecule has 0 N–H and O–H groups in total. The largest absolute Gasteiger partial charge is 0.376 e. The van der Waals surface area contributed by atoms with Gasteiger partial charge in [0.25, 0.3) is 0 Å². The van der Waals surface area contributed by atoms with E-state index in [-0.39, 0.29) is 0 Å². The highest BCUT2D eigenvalue weighted by Crippen LogP contribution is 2.17. The second-order valence-electron chi connectivity index (χ2n) is 3.27. The Bertz CT molecular complexity index is 189. The van der Waals surface area contributed by atoms with Gasteiger partial charge in [-0.2, -0.15) is 0 Å². The van der Waals surface area contributed by atoms with Gasteiger partial charge >= 0.3 is 0 Å². The van der Waals surface area contributed by atoms with Gasteiger partial charge in [0.2, 0.25) is 0 Å². The first-order valence-electron chi connectivity index (χ1n) is 4.31. The van der Waals surface area contributed by atoms with E-state index in [0.717, 1.165) is 6.54 Å². The van der Waals surface area contributed by atoms with Crippen molar-refractivity contribution in [3.8, 4) is 0 Å². The average Bonchev–Trinajstić information content (AvgIpc) is 1.98. The van der Waals surface area contributed by atoms with Crippen LogP contribution in [0.5, 0.6) is 0 Å². The van der Waals surface area contributed by atoms with Crippen LogP contribution in [0.15, 0.2) is 23.4 Å². The maximum absolute atomic E-state index is 2.23. The molecule has 0 saturated carbocycles. The summed E-state index contributed by atoms with van der Waals surface area (Å²) < 4.78 is 0. The third-order valence-corrected chi connectivity index (χ3v) is 2.13. The van der Waals surface area contributed by atoms with Crippen LogP contribution in [0, 0.1) is 0 Å². The molecule has 0 bridgehead atoms. The van der Waals surface area contributed by atoms with Gasteiger partial charge in [-0.3, -0.25) is 0 Å². The molecule has 1 rings (SSSR count). The van der Waals surface area contributed by atoms with Crippen LogP contribution < -0.4 is 0 Å². The van der Waals surface area contributed by atoms with Crippen molar-refractivity contribution in [2.45, 2.75) is 26.7 Å². The van der Waals surface area contributed by atoms with Crippen molar-refractivity contribution in [1.29, 1.82) is 0 Å². The summed E-state index contributed by atoms with van der Waals surface area (Å²) in [5.74, 6) is 0. The summed E-state index contributed by atoms with van der Waals surface area (Å²) in [6.07, 6.45) is 6.86. The molecule has 0 aromatic rings. The van der Waals surface area contributed by atoms with E-state index in [1.165, 1.54) is 18.4 Å². The third kappa shape index (κ3) is 2.11. The number of allylic oxidation sites excluding steroid dienone is 2. The first-order valence-corrected chi connectivity index (χ1v) is 4.31. The van der Waals surface area contributed by atoms with Crippen LogP contribution in [-0.2, 0) is 0 Å². The second kappa shape index (κ2) is 3.61. The molecular formula is C10H17N. The minimum atomic E-state index is 1.12. The molecule has 0 radical (unpaired) electrons. The van der Waals surface area contributed by atoms with Gasteiger partial charge in [0, 0.05) is 13.6 Å². The maximum atomic E-state index is 2.23. The Morgan fingerprint density at radius 2 is 2.27 bits per heavy atom. The van der Waals surface area contributed by atoms with Crippen molar-refractivity contribution >= 4 is 0 Å². The summed E-state index contributed by atoms with van der Waals surface area (Å²) in [6, 6.07) is 0. The topological polar surface area (TPSA) is 3.24 Å². The normalized spacial score (nSPS) is 17.9. The minimum absolute atomic E-state index is 1.12. The Balaban J connectivity index is 2.65. The first kappa shape index (κ1) is 8.38. The minimum Gasteiger partial charge on any atom is -0.376 e. The molecule has 0 atom stereocenters. The highest BCUT2D eigenvalue weighted by Gasteiger charge is 2.05. The summed E-state index contributed by atoms with van der Waals surface area (Å²) >= 11 is 0. The van der Waals surface area contributed by atoms with Crippen LogP contribution in [0.3, 0.4) is 0 Å². The van der Waals surface area contributed by atoms with Crippen LogP contribution >= 0.6 is 0 Å². The van der Waals surface area contributed by atoms with Gasteiger partial charge in [-0.15, -0.1) is 0 Å². The van der Waals surface area contributed by atoms with Crippen LogP contribution in [0.1, 0.15) is 26.7 Å². The smallest absolute Gasteiger partial charge is 0.0385 e. The third-order valence-electron chi connectivity index (χ3n) is 2.13. The molecule has 0 saturated heterocycles. The molecule has 11 heavy (non-hydrogen) atoms. The Kier molecular flexibility index (Phi) is 2.75. The number of hydrogen-bond donors (Lipinski definition) is 0. The van der Waals surface area contributed by atoms with Gasteiger partial charge in [0.05, 0.1) is 0 Å². The van der Waals surface area contributed by atoms with Gasteiger partial charge in [-0.25, -0.2) is 0 Å². The lowest BCUT2D eigenvalue weighted by Gasteiger charge is -2.22. The van der Waals surface area contributed by atoms with E-state index in [2.05, 4.69) is 38.1 Å². The molecule has 0 unspecified atom stereocenters. The molecule has 0 fully saturated rings. The average molecular weight is 151 g/mol. The van der Waals surface area contributed by atoms with Gasteiger partial charge < -0.3 is 4.90 Å². The predicted octanol–water partition coefficient (Wildman–Crippen LogP) is 2.56. The SMILES string of the molecule is CCCC1=C(C)C=CN(C)C1. The molecule has 0 aromatic carbocycles. The number of nitrogens with zero attached hydrogens (tertiary/aromatic N) is 1. The Morgan fingerprint density at radius 1 is 1.55 bits per heavy atom. The van der Waals surface area contributed by atoms with E-state index >= 15 is 0 Å². The zero-order chi connectivity index (χ0) is 8.27. The van der Waals surface area contributed by atoms with Crippen molar-refractivity contribution < 1.29 is 0 Å². The van der Waals surface area contributed by atoms with Crippen molar-refractivity contribution in [2.75, 3.05) is 13.6 Å². The maximum Gasteiger partial charge on any atom is 0.0385 e. The predicted molar refractivity (Wildman–Crippen MR) is 49.4 cm³/mol. The van der Waals surface area contributed by atoms with E-state index in [0.29, 0.717) is 0 Å². The number of hydrogen-bond acceptors (Lipinski definition) is 1. The highest BCUT2D eigenvalue weighted by atomic mass is 15.1. The number of likely N-dealkylation sites (N-methyl/N-ethyl adjacent to an activating group) is 1. The monoisotopic (exact) mass is 151 g/mol. The number of rotatable bonds is 2. The van der Waals surface area contributed by atoms with E-state index in [9.17, 15) is 0 Å². The molecule has 0 amide bonds. The Morgan fingerprint density at radius 3 is 2.91 bits per heavy atom. The lowest BCUT2D eigenvalue weighted by molar-refractivity contribution is 0.478. The Hall–Kier alpha value is -0.720. The molecule has 62 valence electrons. The standard InChI is InChI=1S/C10H17N/c1-4-5-10-8-11(3)7-6-9(10)2/h6-7H,4-5,8H2,1-3H3. The van der Waals surface area contributed by atoms with E-state index in [1.54, 1.807) is 5.57 Å². The van der Waals surface area contributed by atoms with Gasteiger partial charge in [0.1, 0.15) is 0 Å². The van der Waals surface area contributed by atoms with Crippen LogP contribution in [0.4, 0.5) is 0 Å². The van der Waals surface area contributed by atoms with Crippen molar-refractivity contribution in [2.24, 2.45) is 0 Å². The van der Waals surface area contributed by atoms with E-state index in [1.807, 2.05) is 0 Å². The molecule has 1 heteroatoms. The van der Waals surface area contributed by atoms with Gasteiger partial charge in [-0.05, 0) is 36.8 Å². The van der Waals surface area contributed by atoms with Crippen LogP contribution in [-0.4, -0.2) is 18.5 Å². The molecule has 1 aliphatic rings. The molecule has 0 spiro atoms. The summed E-state index contributed by atoms with van der Waals surface area (Å²) in [5, 5.41) is 0. The molecule has 0 aromatic heterocycles. The lowest BCUT2D eigenvalue weighted by atomic mass is 10.0. The zero-order valence-corrected chi connectivity index (χ0v) is 7.72. The molecule has 1 heterocycles. The second-order valence-corrected chi connectivity index (χ2v) is 3.27. The quantitative estimate of drug-likeness (QED) is 0.586.